The average molecular weight is 247 g/mol. The molecule has 7 heteroatoms. The van der Waals surface area contributed by atoms with Crippen molar-refractivity contribution >= 4 is 12.0 Å². The molecular weight excluding hydrogens is 226 g/mol. The lowest BCUT2D eigenvalue weighted by atomic mass is 10.3. The van der Waals surface area contributed by atoms with Crippen LogP contribution in [-0.2, 0) is 9.53 Å². The summed E-state index contributed by atoms with van der Waals surface area (Å²) >= 11 is 0. The smallest absolute Gasteiger partial charge is 0.328 e. The van der Waals surface area contributed by atoms with E-state index in [9.17, 15) is 9.59 Å². The Kier molecular flexibility index (Phi) is 9.08. The third-order valence-electron chi connectivity index (χ3n) is 2.00. The van der Waals surface area contributed by atoms with Crippen molar-refractivity contribution < 1.29 is 19.4 Å². The van der Waals surface area contributed by atoms with E-state index < -0.39 is 18.0 Å². The first kappa shape index (κ1) is 15.7. The number of aliphatic carboxylic acids is 1. The standard InChI is InChI=1S/C10H21N3O4/c1-3-11-5-4-6-12-10(16)13-8(7-17-2)9(14)15/h8,11H,3-7H2,1-2H3,(H,14,15)(H2,12,13,16). The Bertz CT molecular complexity index is 236. The van der Waals surface area contributed by atoms with Crippen molar-refractivity contribution in [1.29, 1.82) is 0 Å². The third kappa shape index (κ3) is 8.47. The number of rotatable bonds is 9. The number of nitrogens with one attached hydrogen (secondary N) is 3. The van der Waals surface area contributed by atoms with Gasteiger partial charge in [0.05, 0.1) is 6.61 Å². The summed E-state index contributed by atoms with van der Waals surface area (Å²) < 4.78 is 4.69. The van der Waals surface area contributed by atoms with E-state index in [4.69, 9.17) is 9.84 Å². The van der Waals surface area contributed by atoms with Gasteiger partial charge in [-0.2, -0.15) is 0 Å². The maximum absolute atomic E-state index is 11.3. The predicted molar refractivity (Wildman–Crippen MR) is 63.0 cm³/mol. The van der Waals surface area contributed by atoms with Gasteiger partial charge in [-0.15, -0.1) is 0 Å². The number of carbonyl (C=O) groups excluding carboxylic acids is 1. The van der Waals surface area contributed by atoms with Crippen LogP contribution in [0.1, 0.15) is 13.3 Å². The van der Waals surface area contributed by atoms with Crippen LogP contribution in [0, 0.1) is 0 Å². The van der Waals surface area contributed by atoms with Crippen LogP contribution < -0.4 is 16.0 Å². The number of hydrogen-bond acceptors (Lipinski definition) is 4. The molecule has 0 spiro atoms. The van der Waals surface area contributed by atoms with E-state index >= 15 is 0 Å². The molecule has 0 aromatic carbocycles. The van der Waals surface area contributed by atoms with Gasteiger partial charge in [-0.25, -0.2) is 9.59 Å². The Morgan fingerprint density at radius 3 is 2.59 bits per heavy atom. The van der Waals surface area contributed by atoms with E-state index in [1.54, 1.807) is 0 Å². The molecule has 0 fully saturated rings. The van der Waals surface area contributed by atoms with Crippen molar-refractivity contribution in [3.63, 3.8) is 0 Å². The summed E-state index contributed by atoms with van der Waals surface area (Å²) in [5, 5.41) is 16.8. The van der Waals surface area contributed by atoms with Gasteiger partial charge in [0.25, 0.3) is 0 Å². The first-order valence-electron chi connectivity index (χ1n) is 5.58. The van der Waals surface area contributed by atoms with Crippen molar-refractivity contribution in [1.82, 2.24) is 16.0 Å². The minimum absolute atomic E-state index is 0.0554. The van der Waals surface area contributed by atoms with E-state index in [1.165, 1.54) is 7.11 Å². The number of carboxylic acids is 1. The fourth-order valence-electron chi connectivity index (χ4n) is 1.14. The maximum atomic E-state index is 11.3. The molecule has 1 atom stereocenters. The largest absolute Gasteiger partial charge is 0.480 e. The number of carboxylic acid groups (broad SMARTS) is 1. The van der Waals surface area contributed by atoms with Gasteiger partial charge in [0.2, 0.25) is 0 Å². The SMILES string of the molecule is CCNCCCNC(=O)NC(COC)C(=O)O. The molecule has 7 nitrogen and oxygen atoms in total. The van der Waals surface area contributed by atoms with E-state index in [0.717, 1.165) is 19.5 Å². The lowest BCUT2D eigenvalue weighted by molar-refractivity contribution is -0.140. The summed E-state index contributed by atoms with van der Waals surface area (Å²) in [6, 6.07) is -1.51. The van der Waals surface area contributed by atoms with Crippen LogP contribution in [0.2, 0.25) is 0 Å². The van der Waals surface area contributed by atoms with Gasteiger partial charge in [0.15, 0.2) is 6.04 Å². The molecule has 0 radical (unpaired) electrons. The minimum Gasteiger partial charge on any atom is -0.480 e. The fraction of sp³-hybridized carbons (Fsp3) is 0.800. The van der Waals surface area contributed by atoms with Crippen LogP contribution in [0.5, 0.6) is 0 Å². The Morgan fingerprint density at radius 2 is 2.06 bits per heavy atom. The molecule has 17 heavy (non-hydrogen) atoms. The second-order valence-corrected chi connectivity index (χ2v) is 3.45. The highest BCUT2D eigenvalue weighted by Gasteiger charge is 2.18. The van der Waals surface area contributed by atoms with Gasteiger partial charge in [-0.1, -0.05) is 6.92 Å². The van der Waals surface area contributed by atoms with Crippen molar-refractivity contribution in [3.8, 4) is 0 Å². The molecule has 0 aliphatic carbocycles. The highest BCUT2D eigenvalue weighted by Crippen LogP contribution is 1.85. The zero-order chi connectivity index (χ0) is 13.1. The number of urea groups is 1. The quantitative estimate of drug-likeness (QED) is 0.407. The molecule has 2 amide bonds. The molecular formula is C10H21N3O4. The van der Waals surface area contributed by atoms with Crippen LogP contribution in [0.25, 0.3) is 0 Å². The van der Waals surface area contributed by atoms with E-state index in [2.05, 4.69) is 16.0 Å². The highest BCUT2D eigenvalue weighted by molar-refractivity contribution is 5.82. The lowest BCUT2D eigenvalue weighted by Crippen LogP contribution is -2.48. The van der Waals surface area contributed by atoms with Crippen molar-refractivity contribution in [2.24, 2.45) is 0 Å². The molecule has 0 aliphatic rings. The number of methoxy groups -OCH3 is 1. The zero-order valence-electron chi connectivity index (χ0n) is 10.3. The number of ether oxygens (including phenoxy) is 1. The van der Waals surface area contributed by atoms with Gasteiger partial charge in [-0.3, -0.25) is 0 Å². The van der Waals surface area contributed by atoms with Crippen LogP contribution in [0.4, 0.5) is 4.79 Å². The van der Waals surface area contributed by atoms with Gasteiger partial charge < -0.3 is 25.8 Å². The first-order valence-corrected chi connectivity index (χ1v) is 5.58. The lowest BCUT2D eigenvalue weighted by Gasteiger charge is -2.14. The molecule has 0 aromatic rings. The van der Waals surface area contributed by atoms with Crippen LogP contribution in [0.3, 0.4) is 0 Å². The molecule has 0 rings (SSSR count). The van der Waals surface area contributed by atoms with Gasteiger partial charge >= 0.3 is 12.0 Å². The molecule has 0 saturated heterocycles. The number of carbonyl (C=O) groups is 2. The molecule has 0 bridgehead atoms. The van der Waals surface area contributed by atoms with Crippen LogP contribution in [-0.4, -0.2) is 56.5 Å². The molecule has 0 saturated carbocycles. The Balaban J connectivity index is 3.71. The molecule has 0 heterocycles. The number of amides is 2. The molecule has 4 N–H and O–H groups in total. The second-order valence-electron chi connectivity index (χ2n) is 3.45. The monoisotopic (exact) mass is 247 g/mol. The second kappa shape index (κ2) is 9.86. The summed E-state index contributed by atoms with van der Waals surface area (Å²) in [6.45, 7) is 4.15. The van der Waals surface area contributed by atoms with Gasteiger partial charge in [-0.05, 0) is 19.5 Å². The summed E-state index contributed by atoms with van der Waals surface area (Å²) in [4.78, 5) is 22.0. The van der Waals surface area contributed by atoms with Gasteiger partial charge in [0, 0.05) is 13.7 Å². The molecule has 0 aromatic heterocycles. The molecule has 0 aliphatic heterocycles. The average Bonchev–Trinajstić information content (AvgIpc) is 2.28. The first-order chi connectivity index (χ1) is 8.11. The van der Waals surface area contributed by atoms with E-state index in [1.807, 2.05) is 6.92 Å². The summed E-state index contributed by atoms with van der Waals surface area (Å²) in [5.74, 6) is -1.12. The van der Waals surface area contributed by atoms with E-state index in [-0.39, 0.29) is 6.61 Å². The third-order valence-corrected chi connectivity index (χ3v) is 2.00. The topological polar surface area (TPSA) is 99.7 Å². The maximum Gasteiger partial charge on any atom is 0.328 e. The Labute approximate surface area is 101 Å². The summed E-state index contributed by atoms with van der Waals surface area (Å²) in [6.07, 6.45) is 0.795. The van der Waals surface area contributed by atoms with Crippen LogP contribution >= 0.6 is 0 Å². The minimum atomic E-state index is -1.12. The van der Waals surface area contributed by atoms with E-state index in [0.29, 0.717) is 6.54 Å². The summed E-state index contributed by atoms with van der Waals surface area (Å²) in [5.41, 5.74) is 0. The fourth-order valence-corrected chi connectivity index (χ4v) is 1.14. The normalized spacial score (nSPS) is 11.9. The molecule has 100 valence electrons. The Hall–Kier alpha value is -1.34. The van der Waals surface area contributed by atoms with Crippen molar-refractivity contribution in [3.05, 3.63) is 0 Å². The number of hydrogen-bond donors (Lipinski definition) is 4. The van der Waals surface area contributed by atoms with Gasteiger partial charge in [0.1, 0.15) is 0 Å². The zero-order valence-corrected chi connectivity index (χ0v) is 10.3. The predicted octanol–water partition coefficient (Wildman–Crippen LogP) is -0.615. The van der Waals surface area contributed by atoms with Crippen molar-refractivity contribution in [2.75, 3.05) is 33.4 Å². The summed E-state index contributed by atoms with van der Waals surface area (Å²) in [7, 11) is 1.38. The van der Waals surface area contributed by atoms with Crippen LogP contribution in [0.15, 0.2) is 0 Å². The van der Waals surface area contributed by atoms with Crippen molar-refractivity contribution in [2.45, 2.75) is 19.4 Å². The highest BCUT2D eigenvalue weighted by atomic mass is 16.5. The molecule has 1 unspecified atom stereocenters. The Morgan fingerprint density at radius 1 is 1.35 bits per heavy atom.